The third kappa shape index (κ3) is 1.18. The van der Waals surface area contributed by atoms with Gasteiger partial charge in [0, 0.05) is 18.2 Å². The maximum atomic E-state index is 5.54. The number of hydrogen-bond acceptors (Lipinski definition) is 2. The van der Waals surface area contributed by atoms with Crippen LogP contribution in [0.3, 0.4) is 0 Å². The molecule has 0 aliphatic carbocycles. The first-order chi connectivity index (χ1) is 5.92. The Labute approximate surface area is 72.8 Å². The molecule has 2 nitrogen and oxygen atoms in total. The first kappa shape index (κ1) is 7.62. The first-order valence-corrected chi connectivity index (χ1v) is 4.44. The summed E-state index contributed by atoms with van der Waals surface area (Å²) in [5.74, 6) is 0.631. The van der Waals surface area contributed by atoms with E-state index in [9.17, 15) is 0 Å². The van der Waals surface area contributed by atoms with Gasteiger partial charge in [0.2, 0.25) is 0 Å². The van der Waals surface area contributed by atoms with Crippen LogP contribution in [0.1, 0.15) is 17.9 Å². The minimum Gasteiger partial charge on any atom is -0.384 e. The number of fused-ring (bicyclic) bond motifs is 1. The van der Waals surface area contributed by atoms with Crippen LogP contribution in [0, 0.1) is 0 Å². The Morgan fingerprint density at radius 3 is 3.08 bits per heavy atom. The summed E-state index contributed by atoms with van der Waals surface area (Å²) in [4.78, 5) is 0. The van der Waals surface area contributed by atoms with Crippen LogP contribution in [0.25, 0.3) is 0 Å². The predicted molar refractivity (Wildman–Crippen MR) is 51.3 cm³/mol. The summed E-state index contributed by atoms with van der Waals surface area (Å²) < 4.78 is 0. The topological polar surface area (TPSA) is 38.0 Å². The SMILES string of the molecule is NCC[C@H]1CNc2ccccc21. The summed E-state index contributed by atoms with van der Waals surface area (Å²) in [6.07, 6.45) is 1.09. The number of rotatable bonds is 2. The fraction of sp³-hybridized carbons (Fsp3) is 0.400. The quantitative estimate of drug-likeness (QED) is 0.692. The van der Waals surface area contributed by atoms with Gasteiger partial charge in [-0.3, -0.25) is 0 Å². The molecule has 0 saturated heterocycles. The largest absolute Gasteiger partial charge is 0.384 e. The Morgan fingerprint density at radius 1 is 1.42 bits per heavy atom. The summed E-state index contributed by atoms with van der Waals surface area (Å²) in [7, 11) is 0. The lowest BCUT2D eigenvalue weighted by atomic mass is 9.98. The molecule has 0 spiro atoms. The molecule has 0 amide bonds. The molecular weight excluding hydrogens is 148 g/mol. The van der Waals surface area contributed by atoms with E-state index in [-0.39, 0.29) is 0 Å². The van der Waals surface area contributed by atoms with E-state index in [1.54, 1.807) is 0 Å². The monoisotopic (exact) mass is 162 g/mol. The molecule has 1 heterocycles. The number of anilines is 1. The zero-order chi connectivity index (χ0) is 8.39. The van der Waals surface area contributed by atoms with E-state index < -0.39 is 0 Å². The van der Waals surface area contributed by atoms with Crippen LogP contribution in [-0.4, -0.2) is 13.1 Å². The molecule has 0 aromatic heterocycles. The van der Waals surface area contributed by atoms with Gasteiger partial charge in [-0.15, -0.1) is 0 Å². The number of para-hydroxylation sites is 1. The van der Waals surface area contributed by atoms with Gasteiger partial charge < -0.3 is 11.1 Å². The van der Waals surface area contributed by atoms with Gasteiger partial charge in [-0.2, -0.15) is 0 Å². The van der Waals surface area contributed by atoms with E-state index in [0.717, 1.165) is 19.5 Å². The molecule has 12 heavy (non-hydrogen) atoms. The molecule has 2 heteroatoms. The summed E-state index contributed by atoms with van der Waals surface area (Å²) in [6, 6.07) is 8.48. The van der Waals surface area contributed by atoms with Crippen molar-refractivity contribution < 1.29 is 0 Å². The molecule has 64 valence electrons. The lowest BCUT2D eigenvalue weighted by Crippen LogP contribution is -2.08. The van der Waals surface area contributed by atoms with Gasteiger partial charge in [-0.25, -0.2) is 0 Å². The third-order valence-electron chi connectivity index (χ3n) is 2.45. The first-order valence-electron chi connectivity index (χ1n) is 4.44. The standard InChI is InChI=1S/C10H14N2/c11-6-5-8-7-12-10-4-2-1-3-9(8)10/h1-4,8,12H,5-7,11H2/t8-/m0/s1. The predicted octanol–water partition coefficient (Wildman–Crippen LogP) is 1.54. The van der Waals surface area contributed by atoms with Crippen LogP contribution < -0.4 is 11.1 Å². The molecule has 0 radical (unpaired) electrons. The summed E-state index contributed by atoms with van der Waals surface area (Å²) >= 11 is 0. The molecule has 3 N–H and O–H groups in total. The molecule has 2 rings (SSSR count). The van der Waals surface area contributed by atoms with Crippen molar-refractivity contribution >= 4 is 5.69 Å². The molecule has 1 aromatic rings. The van der Waals surface area contributed by atoms with Crippen LogP contribution in [0.4, 0.5) is 5.69 Å². The number of benzene rings is 1. The van der Waals surface area contributed by atoms with Crippen molar-refractivity contribution in [2.45, 2.75) is 12.3 Å². The number of nitrogens with one attached hydrogen (secondary N) is 1. The van der Waals surface area contributed by atoms with Gasteiger partial charge in [0.05, 0.1) is 0 Å². The molecule has 0 bridgehead atoms. The van der Waals surface area contributed by atoms with Gasteiger partial charge in [-0.05, 0) is 24.6 Å². The molecule has 1 aliphatic heterocycles. The van der Waals surface area contributed by atoms with Gasteiger partial charge in [-0.1, -0.05) is 18.2 Å². The summed E-state index contributed by atoms with van der Waals surface area (Å²) in [5.41, 5.74) is 8.26. The Kier molecular flexibility index (Phi) is 2.00. The van der Waals surface area contributed by atoms with Crippen molar-refractivity contribution in [2.24, 2.45) is 5.73 Å². The minimum atomic E-state index is 0.631. The molecule has 1 atom stereocenters. The minimum absolute atomic E-state index is 0.631. The van der Waals surface area contributed by atoms with E-state index in [2.05, 4.69) is 29.6 Å². The number of hydrogen-bond donors (Lipinski definition) is 2. The van der Waals surface area contributed by atoms with Gasteiger partial charge >= 0.3 is 0 Å². The summed E-state index contributed by atoms with van der Waals surface area (Å²) in [6.45, 7) is 1.83. The highest BCUT2D eigenvalue weighted by Crippen LogP contribution is 2.32. The van der Waals surface area contributed by atoms with Gasteiger partial charge in [0.1, 0.15) is 0 Å². The third-order valence-corrected chi connectivity index (χ3v) is 2.45. The van der Waals surface area contributed by atoms with Crippen molar-refractivity contribution in [1.82, 2.24) is 0 Å². The van der Waals surface area contributed by atoms with E-state index in [1.165, 1.54) is 11.3 Å². The van der Waals surface area contributed by atoms with Crippen LogP contribution in [0.15, 0.2) is 24.3 Å². The van der Waals surface area contributed by atoms with E-state index in [0.29, 0.717) is 5.92 Å². The number of nitrogens with two attached hydrogens (primary N) is 1. The highest BCUT2D eigenvalue weighted by atomic mass is 14.9. The second-order valence-electron chi connectivity index (χ2n) is 3.24. The van der Waals surface area contributed by atoms with Gasteiger partial charge in [0.25, 0.3) is 0 Å². The molecule has 0 fully saturated rings. The zero-order valence-electron chi connectivity index (χ0n) is 7.09. The van der Waals surface area contributed by atoms with E-state index in [4.69, 9.17) is 5.73 Å². The van der Waals surface area contributed by atoms with Crippen molar-refractivity contribution in [3.05, 3.63) is 29.8 Å². The second kappa shape index (κ2) is 3.15. The maximum Gasteiger partial charge on any atom is 0.0376 e. The molecule has 1 aromatic carbocycles. The van der Waals surface area contributed by atoms with E-state index in [1.807, 2.05) is 0 Å². The molecular formula is C10H14N2. The normalized spacial score (nSPS) is 20.2. The Bertz CT molecular complexity index is 268. The van der Waals surface area contributed by atoms with Crippen molar-refractivity contribution in [2.75, 3.05) is 18.4 Å². The van der Waals surface area contributed by atoms with Crippen LogP contribution in [0.5, 0.6) is 0 Å². The maximum absolute atomic E-state index is 5.54. The molecule has 1 aliphatic rings. The average Bonchev–Trinajstić information content (AvgIpc) is 2.50. The lowest BCUT2D eigenvalue weighted by molar-refractivity contribution is 0.686. The summed E-state index contributed by atoms with van der Waals surface area (Å²) in [5, 5.41) is 3.38. The average molecular weight is 162 g/mol. The highest BCUT2D eigenvalue weighted by molar-refractivity contribution is 5.57. The fourth-order valence-corrected chi connectivity index (χ4v) is 1.82. The zero-order valence-corrected chi connectivity index (χ0v) is 7.09. The van der Waals surface area contributed by atoms with Crippen LogP contribution in [-0.2, 0) is 0 Å². The van der Waals surface area contributed by atoms with Gasteiger partial charge in [0.15, 0.2) is 0 Å². The van der Waals surface area contributed by atoms with Crippen LogP contribution >= 0.6 is 0 Å². The molecule has 0 saturated carbocycles. The van der Waals surface area contributed by atoms with Crippen LogP contribution in [0.2, 0.25) is 0 Å². The fourth-order valence-electron chi connectivity index (χ4n) is 1.82. The lowest BCUT2D eigenvalue weighted by Gasteiger charge is -2.06. The molecule has 0 unspecified atom stereocenters. The van der Waals surface area contributed by atoms with E-state index >= 15 is 0 Å². The Hall–Kier alpha value is -1.02. The smallest absolute Gasteiger partial charge is 0.0376 e. The van der Waals surface area contributed by atoms with Crippen molar-refractivity contribution in [3.8, 4) is 0 Å². The Morgan fingerprint density at radius 2 is 2.25 bits per heavy atom. The van der Waals surface area contributed by atoms with Crippen molar-refractivity contribution in [3.63, 3.8) is 0 Å². The van der Waals surface area contributed by atoms with Crippen molar-refractivity contribution in [1.29, 1.82) is 0 Å². The second-order valence-corrected chi connectivity index (χ2v) is 3.24. The highest BCUT2D eigenvalue weighted by Gasteiger charge is 2.19. The Balaban J connectivity index is 2.24.